The summed E-state index contributed by atoms with van der Waals surface area (Å²) < 4.78 is 10.2. The Morgan fingerprint density at radius 2 is 1.83 bits per heavy atom. The van der Waals surface area contributed by atoms with Gasteiger partial charge in [-0.25, -0.2) is 0 Å². The van der Waals surface area contributed by atoms with Gasteiger partial charge in [-0.1, -0.05) is 12.1 Å². The first kappa shape index (κ1) is 14.5. The van der Waals surface area contributed by atoms with Crippen molar-refractivity contribution in [1.29, 1.82) is 0 Å². The van der Waals surface area contributed by atoms with Crippen LogP contribution in [0.5, 0.6) is 5.75 Å². The highest BCUT2D eigenvalue weighted by molar-refractivity contribution is 5.75. The van der Waals surface area contributed by atoms with E-state index >= 15 is 0 Å². The highest BCUT2D eigenvalue weighted by Crippen LogP contribution is 2.13. The molecule has 0 heterocycles. The molecule has 0 aliphatic heterocycles. The van der Waals surface area contributed by atoms with Gasteiger partial charge in [0.05, 0.1) is 13.2 Å². The van der Waals surface area contributed by atoms with Gasteiger partial charge in [-0.2, -0.15) is 0 Å². The van der Waals surface area contributed by atoms with Gasteiger partial charge in [0.25, 0.3) is 0 Å². The molecule has 1 aromatic rings. The number of ether oxygens (including phenoxy) is 2. The maximum Gasteiger partial charge on any atom is 0.322 e. The molecule has 1 aromatic carbocycles. The van der Waals surface area contributed by atoms with Crippen LogP contribution in [0.2, 0.25) is 0 Å². The smallest absolute Gasteiger partial charge is 0.322 e. The van der Waals surface area contributed by atoms with Crippen LogP contribution in [0, 0.1) is 0 Å². The first-order valence-electron chi connectivity index (χ1n) is 6.09. The molecule has 18 heavy (non-hydrogen) atoms. The van der Waals surface area contributed by atoms with Crippen LogP contribution >= 0.6 is 0 Å². The van der Waals surface area contributed by atoms with Gasteiger partial charge in [-0.3, -0.25) is 4.79 Å². The molecule has 0 bridgehead atoms. The highest BCUT2D eigenvalue weighted by atomic mass is 16.5. The number of hydrogen-bond donors (Lipinski definition) is 1. The lowest BCUT2D eigenvalue weighted by atomic mass is 10.2. The predicted molar refractivity (Wildman–Crippen MR) is 70.5 cm³/mol. The number of rotatable bonds is 6. The molecule has 0 aliphatic rings. The SMILES string of the molecule is COC(=O)C(C)NCc1ccc(OC(C)C)cc1. The molecule has 100 valence electrons. The number of nitrogens with one attached hydrogen (secondary N) is 1. The third-order valence-corrected chi connectivity index (χ3v) is 2.46. The molecule has 0 saturated heterocycles. The Kier molecular flexibility index (Phi) is 5.65. The summed E-state index contributed by atoms with van der Waals surface area (Å²) >= 11 is 0. The van der Waals surface area contributed by atoms with Gasteiger partial charge in [0.1, 0.15) is 11.8 Å². The van der Waals surface area contributed by atoms with Crippen molar-refractivity contribution in [2.24, 2.45) is 0 Å². The van der Waals surface area contributed by atoms with Gasteiger partial charge in [-0.05, 0) is 38.5 Å². The fraction of sp³-hybridized carbons (Fsp3) is 0.500. The molecule has 4 heteroatoms. The number of carbonyl (C=O) groups excluding carboxylic acids is 1. The van der Waals surface area contributed by atoms with E-state index in [4.69, 9.17) is 4.74 Å². The van der Waals surface area contributed by atoms with E-state index in [0.29, 0.717) is 6.54 Å². The van der Waals surface area contributed by atoms with Gasteiger partial charge >= 0.3 is 5.97 Å². The Labute approximate surface area is 108 Å². The Morgan fingerprint density at radius 3 is 2.33 bits per heavy atom. The third kappa shape index (κ3) is 4.75. The Morgan fingerprint density at radius 1 is 1.22 bits per heavy atom. The van der Waals surface area contributed by atoms with E-state index in [2.05, 4.69) is 10.1 Å². The zero-order chi connectivity index (χ0) is 13.5. The highest BCUT2D eigenvalue weighted by Gasteiger charge is 2.11. The lowest BCUT2D eigenvalue weighted by Gasteiger charge is -2.12. The molecule has 0 saturated carbocycles. The second-order valence-electron chi connectivity index (χ2n) is 4.44. The minimum absolute atomic E-state index is 0.174. The molecule has 0 aromatic heterocycles. The van der Waals surface area contributed by atoms with Crippen molar-refractivity contribution in [2.45, 2.75) is 39.5 Å². The molecule has 1 N–H and O–H groups in total. The van der Waals surface area contributed by atoms with Crippen LogP contribution in [0.3, 0.4) is 0 Å². The molecule has 0 fully saturated rings. The van der Waals surface area contributed by atoms with E-state index < -0.39 is 0 Å². The van der Waals surface area contributed by atoms with Crippen LogP contribution in [0.4, 0.5) is 0 Å². The Bertz CT molecular complexity index is 373. The van der Waals surface area contributed by atoms with Gasteiger partial charge in [0, 0.05) is 6.54 Å². The maximum atomic E-state index is 11.2. The second-order valence-corrected chi connectivity index (χ2v) is 4.44. The number of methoxy groups -OCH3 is 1. The van der Waals surface area contributed by atoms with E-state index in [0.717, 1.165) is 11.3 Å². The van der Waals surface area contributed by atoms with Gasteiger partial charge in [0.2, 0.25) is 0 Å². The third-order valence-electron chi connectivity index (χ3n) is 2.46. The number of hydrogen-bond acceptors (Lipinski definition) is 4. The average molecular weight is 251 g/mol. The first-order chi connectivity index (χ1) is 8.52. The molecule has 0 amide bonds. The Hall–Kier alpha value is -1.55. The summed E-state index contributed by atoms with van der Waals surface area (Å²) in [7, 11) is 1.39. The zero-order valence-electron chi connectivity index (χ0n) is 11.4. The van der Waals surface area contributed by atoms with Crippen molar-refractivity contribution in [3.63, 3.8) is 0 Å². The van der Waals surface area contributed by atoms with E-state index in [1.807, 2.05) is 38.1 Å². The number of benzene rings is 1. The number of esters is 1. The van der Waals surface area contributed by atoms with Crippen molar-refractivity contribution in [3.8, 4) is 5.75 Å². The standard InChI is InChI=1S/C14H21NO3/c1-10(2)18-13-7-5-12(6-8-13)9-15-11(3)14(16)17-4/h5-8,10-11,15H,9H2,1-4H3. The summed E-state index contributed by atoms with van der Waals surface area (Å²) in [6.07, 6.45) is 0.174. The first-order valence-corrected chi connectivity index (χ1v) is 6.09. The summed E-state index contributed by atoms with van der Waals surface area (Å²) in [5.41, 5.74) is 1.10. The molecule has 1 rings (SSSR count). The molecule has 4 nitrogen and oxygen atoms in total. The van der Waals surface area contributed by atoms with Crippen molar-refractivity contribution in [3.05, 3.63) is 29.8 Å². The summed E-state index contributed by atoms with van der Waals surface area (Å²) in [5, 5.41) is 3.09. The van der Waals surface area contributed by atoms with Crippen LogP contribution in [0.25, 0.3) is 0 Å². The average Bonchev–Trinajstić information content (AvgIpc) is 2.36. The molecule has 1 unspecified atom stereocenters. The largest absolute Gasteiger partial charge is 0.491 e. The molecule has 0 radical (unpaired) electrons. The maximum absolute atomic E-state index is 11.2. The fourth-order valence-corrected chi connectivity index (χ4v) is 1.49. The lowest BCUT2D eigenvalue weighted by Crippen LogP contribution is -2.34. The number of carbonyl (C=O) groups is 1. The van der Waals surface area contributed by atoms with E-state index in [1.165, 1.54) is 7.11 Å². The lowest BCUT2D eigenvalue weighted by molar-refractivity contribution is -0.142. The zero-order valence-corrected chi connectivity index (χ0v) is 11.4. The molecule has 1 atom stereocenters. The predicted octanol–water partition coefficient (Wildman–Crippen LogP) is 2.12. The van der Waals surface area contributed by atoms with Crippen LogP contribution in [0.15, 0.2) is 24.3 Å². The minimum atomic E-state index is -0.304. The summed E-state index contributed by atoms with van der Waals surface area (Å²) in [5.74, 6) is 0.601. The molecular weight excluding hydrogens is 230 g/mol. The van der Waals surface area contributed by atoms with E-state index in [9.17, 15) is 4.79 Å². The summed E-state index contributed by atoms with van der Waals surface area (Å²) in [6.45, 7) is 6.39. The van der Waals surface area contributed by atoms with Gasteiger partial charge < -0.3 is 14.8 Å². The fourth-order valence-electron chi connectivity index (χ4n) is 1.49. The summed E-state index contributed by atoms with van der Waals surface area (Å²) in [4.78, 5) is 11.2. The van der Waals surface area contributed by atoms with Crippen molar-refractivity contribution in [1.82, 2.24) is 5.32 Å². The van der Waals surface area contributed by atoms with Crippen LogP contribution < -0.4 is 10.1 Å². The van der Waals surface area contributed by atoms with Gasteiger partial charge in [0.15, 0.2) is 0 Å². The topological polar surface area (TPSA) is 47.6 Å². The molecule has 0 spiro atoms. The quantitative estimate of drug-likeness (QED) is 0.787. The minimum Gasteiger partial charge on any atom is -0.491 e. The van der Waals surface area contributed by atoms with Crippen LogP contribution in [-0.2, 0) is 16.1 Å². The van der Waals surface area contributed by atoms with Crippen molar-refractivity contribution in [2.75, 3.05) is 7.11 Å². The van der Waals surface area contributed by atoms with E-state index in [-0.39, 0.29) is 18.1 Å². The van der Waals surface area contributed by atoms with Crippen LogP contribution in [0.1, 0.15) is 26.3 Å². The van der Waals surface area contributed by atoms with Crippen LogP contribution in [-0.4, -0.2) is 25.2 Å². The molecular formula is C14H21NO3. The normalized spacial score (nSPS) is 12.3. The second kappa shape index (κ2) is 7.01. The van der Waals surface area contributed by atoms with Gasteiger partial charge in [-0.15, -0.1) is 0 Å². The monoisotopic (exact) mass is 251 g/mol. The summed E-state index contributed by atoms with van der Waals surface area (Å²) in [6, 6.07) is 7.52. The van der Waals surface area contributed by atoms with Crippen molar-refractivity contribution >= 4 is 5.97 Å². The van der Waals surface area contributed by atoms with E-state index in [1.54, 1.807) is 6.92 Å². The molecule has 0 aliphatic carbocycles. The van der Waals surface area contributed by atoms with Crippen molar-refractivity contribution < 1.29 is 14.3 Å². The Balaban J connectivity index is 2.46.